The summed E-state index contributed by atoms with van der Waals surface area (Å²) in [6.07, 6.45) is 0.809. The summed E-state index contributed by atoms with van der Waals surface area (Å²) >= 11 is 11.8. The minimum Gasteiger partial charge on any atom is -0.357 e. The number of amidine groups is 1. The quantitative estimate of drug-likeness (QED) is 0.676. The third-order valence-electron chi connectivity index (χ3n) is 4.44. The van der Waals surface area contributed by atoms with Gasteiger partial charge in [-0.25, -0.2) is 20.4 Å². The molecule has 0 saturated carbocycles. The minimum atomic E-state index is 0.326. The zero-order chi connectivity index (χ0) is 18.1. The van der Waals surface area contributed by atoms with E-state index in [1.165, 1.54) is 0 Å². The highest BCUT2D eigenvalue weighted by Crippen LogP contribution is 2.27. The van der Waals surface area contributed by atoms with Gasteiger partial charge in [-0.2, -0.15) is 0 Å². The number of aromatic nitrogens is 2. The van der Waals surface area contributed by atoms with E-state index in [1.54, 1.807) is 0 Å². The third-order valence-corrected chi connectivity index (χ3v) is 5.11. The summed E-state index contributed by atoms with van der Waals surface area (Å²) in [4.78, 5) is 16.8. The zero-order valence-electron chi connectivity index (χ0n) is 14.4. The lowest BCUT2D eigenvalue weighted by Gasteiger charge is -2.29. The molecular formula is C17H20ClN7S. The average Bonchev–Trinajstić information content (AvgIpc) is 3.07. The van der Waals surface area contributed by atoms with Crippen LogP contribution in [-0.4, -0.2) is 57.9 Å². The fraction of sp³-hybridized carbons (Fsp3) is 0.412. The number of rotatable bonds is 2. The first kappa shape index (κ1) is 17.5. The van der Waals surface area contributed by atoms with Gasteiger partial charge in [0.15, 0.2) is 11.6 Å². The molecule has 26 heavy (non-hydrogen) atoms. The van der Waals surface area contributed by atoms with Crippen molar-refractivity contribution in [1.29, 1.82) is 0 Å². The normalized spacial score (nSPS) is 22.0. The van der Waals surface area contributed by atoms with Crippen molar-refractivity contribution in [3.63, 3.8) is 0 Å². The minimum absolute atomic E-state index is 0.326. The van der Waals surface area contributed by atoms with Crippen LogP contribution in [0.5, 0.6) is 0 Å². The van der Waals surface area contributed by atoms with Crippen molar-refractivity contribution in [2.24, 2.45) is 4.99 Å². The molecule has 4 rings (SSSR count). The monoisotopic (exact) mass is 389 g/mol. The van der Waals surface area contributed by atoms with E-state index in [-0.39, 0.29) is 0 Å². The first-order valence-corrected chi connectivity index (χ1v) is 9.45. The first-order chi connectivity index (χ1) is 12.6. The van der Waals surface area contributed by atoms with Crippen LogP contribution < -0.4 is 16.2 Å². The van der Waals surface area contributed by atoms with E-state index < -0.39 is 0 Å². The fourth-order valence-corrected chi connectivity index (χ4v) is 3.52. The molecule has 2 saturated heterocycles. The van der Waals surface area contributed by atoms with E-state index in [2.05, 4.69) is 38.0 Å². The molecule has 0 amide bonds. The Hall–Kier alpha value is -1.87. The Labute approximate surface area is 162 Å². The van der Waals surface area contributed by atoms with Gasteiger partial charge in [-0.05, 0) is 25.1 Å². The Morgan fingerprint density at radius 2 is 2.12 bits per heavy atom. The molecule has 0 spiro atoms. The number of fused-ring (bicyclic) bond motifs is 1. The van der Waals surface area contributed by atoms with Crippen molar-refractivity contribution in [1.82, 2.24) is 31.0 Å². The van der Waals surface area contributed by atoms with Gasteiger partial charge in [-0.15, -0.1) is 0 Å². The zero-order valence-corrected chi connectivity index (χ0v) is 16.0. The number of hydrogen-bond donors (Lipinski definition) is 3. The number of nitrogens with zero attached hydrogens (tertiary/aromatic N) is 4. The van der Waals surface area contributed by atoms with Gasteiger partial charge >= 0.3 is 0 Å². The van der Waals surface area contributed by atoms with Crippen LogP contribution in [0.2, 0.25) is 5.02 Å². The van der Waals surface area contributed by atoms with Crippen molar-refractivity contribution >= 4 is 51.4 Å². The largest absolute Gasteiger partial charge is 0.357 e. The molecule has 2 fully saturated rings. The fourth-order valence-electron chi connectivity index (χ4n) is 3.07. The number of halogens is 1. The van der Waals surface area contributed by atoms with Gasteiger partial charge in [0, 0.05) is 49.1 Å². The highest BCUT2D eigenvalue weighted by molar-refractivity contribution is 7.80. The van der Waals surface area contributed by atoms with E-state index in [0.717, 1.165) is 49.3 Å². The number of piperazine rings is 1. The molecule has 9 heteroatoms. The third kappa shape index (κ3) is 3.64. The Bertz CT molecular complexity index is 879. The van der Waals surface area contributed by atoms with Crippen LogP contribution in [0.25, 0.3) is 10.9 Å². The maximum absolute atomic E-state index is 6.18. The van der Waals surface area contributed by atoms with Gasteiger partial charge in [0.05, 0.1) is 5.52 Å². The maximum atomic E-state index is 6.18. The lowest BCUT2D eigenvalue weighted by Crippen LogP contribution is -2.46. The maximum Gasteiger partial charge on any atom is 0.189 e. The summed E-state index contributed by atoms with van der Waals surface area (Å²) in [5, 5.41) is 4.78. The standard InChI is InChI=1S/C17H20ClN7S/c1-10-8-14(24-23-10)21-15-12-9-11(18)2-3-13(12)20-16(22-15)17(26)25-6-4-19-5-7-25/h2-3,9-10,19,23H,4-8H2,1H3,(H,20,21,22,24). The van der Waals surface area contributed by atoms with Crippen LogP contribution in [0.15, 0.2) is 23.2 Å². The molecule has 1 aromatic carbocycles. The molecule has 0 radical (unpaired) electrons. The molecule has 2 aliphatic rings. The molecule has 3 N–H and O–H groups in total. The average molecular weight is 390 g/mol. The Balaban J connectivity index is 1.77. The molecular weight excluding hydrogens is 370 g/mol. The first-order valence-electron chi connectivity index (χ1n) is 8.66. The summed E-state index contributed by atoms with van der Waals surface area (Å²) in [7, 11) is 0. The van der Waals surface area contributed by atoms with Gasteiger partial charge < -0.3 is 15.6 Å². The number of nitrogens with one attached hydrogen (secondary N) is 3. The smallest absolute Gasteiger partial charge is 0.189 e. The van der Waals surface area contributed by atoms with E-state index in [1.807, 2.05) is 18.2 Å². The molecule has 7 nitrogen and oxygen atoms in total. The molecule has 1 aromatic heterocycles. The van der Waals surface area contributed by atoms with Gasteiger partial charge in [-0.1, -0.05) is 23.8 Å². The van der Waals surface area contributed by atoms with E-state index in [9.17, 15) is 0 Å². The van der Waals surface area contributed by atoms with Crippen molar-refractivity contribution in [3.05, 3.63) is 29.0 Å². The summed E-state index contributed by atoms with van der Waals surface area (Å²) in [6.45, 7) is 5.62. The highest BCUT2D eigenvalue weighted by Gasteiger charge is 2.20. The van der Waals surface area contributed by atoms with Crippen LogP contribution in [0.1, 0.15) is 19.2 Å². The van der Waals surface area contributed by atoms with Crippen LogP contribution in [0.4, 0.5) is 5.82 Å². The summed E-state index contributed by atoms with van der Waals surface area (Å²) in [5.41, 5.74) is 7.04. The van der Waals surface area contributed by atoms with E-state index in [4.69, 9.17) is 28.8 Å². The second-order valence-corrected chi connectivity index (χ2v) is 7.33. The second kappa shape index (κ2) is 7.40. The SMILES string of the molecule is CC1CC(=Nc2nc(C(=S)N3CCNCC3)nc3ccc(Cl)cc23)NN1. The summed E-state index contributed by atoms with van der Waals surface area (Å²) < 4.78 is 0. The Kier molecular flexibility index (Phi) is 4.99. The predicted octanol–water partition coefficient (Wildman–Crippen LogP) is 1.78. The lowest BCUT2D eigenvalue weighted by atomic mass is 10.2. The molecule has 0 bridgehead atoms. The molecule has 2 aromatic rings. The Morgan fingerprint density at radius 1 is 1.31 bits per heavy atom. The van der Waals surface area contributed by atoms with Crippen LogP contribution in [0.3, 0.4) is 0 Å². The van der Waals surface area contributed by atoms with Crippen molar-refractivity contribution in [3.8, 4) is 0 Å². The highest BCUT2D eigenvalue weighted by atomic mass is 35.5. The number of benzene rings is 1. The second-order valence-electron chi connectivity index (χ2n) is 6.51. The molecule has 3 heterocycles. The summed E-state index contributed by atoms with van der Waals surface area (Å²) in [5.74, 6) is 1.97. The van der Waals surface area contributed by atoms with Crippen molar-refractivity contribution in [2.75, 3.05) is 26.2 Å². The van der Waals surface area contributed by atoms with Crippen molar-refractivity contribution in [2.45, 2.75) is 19.4 Å². The van der Waals surface area contributed by atoms with Gasteiger partial charge in [0.2, 0.25) is 0 Å². The number of hydrazine groups is 1. The van der Waals surface area contributed by atoms with Crippen LogP contribution in [0, 0.1) is 0 Å². The molecule has 0 aliphatic carbocycles. The van der Waals surface area contributed by atoms with Gasteiger partial charge in [0.1, 0.15) is 10.8 Å². The number of hydrogen-bond acceptors (Lipinski definition) is 6. The van der Waals surface area contributed by atoms with E-state index >= 15 is 0 Å². The van der Waals surface area contributed by atoms with E-state index in [0.29, 0.717) is 27.7 Å². The Morgan fingerprint density at radius 3 is 2.85 bits per heavy atom. The van der Waals surface area contributed by atoms with Crippen LogP contribution in [-0.2, 0) is 0 Å². The van der Waals surface area contributed by atoms with Gasteiger partial charge in [0.25, 0.3) is 0 Å². The van der Waals surface area contributed by atoms with Gasteiger partial charge in [-0.3, -0.25) is 0 Å². The van der Waals surface area contributed by atoms with Crippen molar-refractivity contribution < 1.29 is 0 Å². The number of aliphatic imine (C=N–C) groups is 1. The summed E-state index contributed by atoms with van der Waals surface area (Å²) in [6, 6.07) is 5.88. The lowest BCUT2D eigenvalue weighted by molar-refractivity contribution is 0.362. The number of thiocarbonyl (C=S) groups is 1. The molecule has 1 atom stereocenters. The molecule has 136 valence electrons. The molecule has 1 unspecified atom stereocenters. The topological polar surface area (TPSA) is 77.5 Å². The predicted molar refractivity (Wildman–Crippen MR) is 108 cm³/mol. The molecule has 2 aliphatic heterocycles. The van der Waals surface area contributed by atoms with Crippen LogP contribution >= 0.6 is 23.8 Å².